The lowest BCUT2D eigenvalue weighted by atomic mass is 9.85. The van der Waals surface area contributed by atoms with Gasteiger partial charge in [-0.1, -0.05) is 26.7 Å². The van der Waals surface area contributed by atoms with Gasteiger partial charge in [0.1, 0.15) is 5.60 Å². The Balaban J connectivity index is 0.000000160. The number of fused-ring (bicyclic) bond motifs is 6. The third kappa shape index (κ3) is 8.85. The number of carbonyl (C=O) groups is 3. The van der Waals surface area contributed by atoms with E-state index in [0.29, 0.717) is 19.0 Å². The highest BCUT2D eigenvalue weighted by molar-refractivity contribution is 6.00. The van der Waals surface area contributed by atoms with Crippen LogP contribution in [0.3, 0.4) is 0 Å². The highest BCUT2D eigenvalue weighted by Gasteiger charge is 2.32. The molecule has 0 bridgehead atoms. The lowest BCUT2D eigenvalue weighted by molar-refractivity contribution is 0.0222. The number of benzene rings is 2. The molecule has 10 nitrogen and oxygen atoms in total. The maximum absolute atomic E-state index is 13.3. The van der Waals surface area contributed by atoms with Crippen LogP contribution in [0.5, 0.6) is 0 Å². The fourth-order valence-corrected chi connectivity index (χ4v) is 10.7. The van der Waals surface area contributed by atoms with Gasteiger partial charge in [0.2, 0.25) is 0 Å². The van der Waals surface area contributed by atoms with Gasteiger partial charge in [-0.25, -0.2) is 4.79 Å². The molecule has 6 heterocycles. The molecular formula is C51H70N6O4. The predicted molar refractivity (Wildman–Crippen MR) is 243 cm³/mol. The molecule has 2 saturated carbocycles. The average Bonchev–Trinajstić information content (AvgIpc) is 3.70. The number of likely N-dealkylation sites (tertiary alicyclic amines) is 2. The molecule has 0 radical (unpaired) electrons. The van der Waals surface area contributed by atoms with Crippen molar-refractivity contribution in [3.8, 4) is 0 Å². The van der Waals surface area contributed by atoms with Crippen LogP contribution in [-0.4, -0.2) is 86.6 Å². The van der Waals surface area contributed by atoms with Crippen molar-refractivity contribution in [2.24, 2.45) is 23.7 Å². The second-order valence-corrected chi connectivity index (χ2v) is 20.7. The third-order valence-corrected chi connectivity index (χ3v) is 15.0. The Morgan fingerprint density at radius 1 is 0.639 bits per heavy atom. The van der Waals surface area contributed by atoms with Gasteiger partial charge in [0.25, 0.3) is 11.8 Å². The number of nitrogens with zero attached hydrogens (tertiary/aromatic N) is 5. The number of hydrogen-bond acceptors (Lipinski definition) is 5. The fraction of sp³-hybridized carbons (Fsp3) is 0.627. The average molecular weight is 831 g/mol. The molecule has 10 heteroatoms. The summed E-state index contributed by atoms with van der Waals surface area (Å²) in [5.74, 6) is 3.37. The van der Waals surface area contributed by atoms with Crippen molar-refractivity contribution in [3.05, 3.63) is 70.0 Å². The smallest absolute Gasteiger partial charge is 0.410 e. The summed E-state index contributed by atoms with van der Waals surface area (Å²) in [4.78, 5) is 45.1. The molecule has 2 saturated heterocycles. The van der Waals surface area contributed by atoms with E-state index in [4.69, 9.17) is 4.74 Å². The van der Waals surface area contributed by atoms with Crippen LogP contribution < -0.4 is 5.32 Å². The summed E-state index contributed by atoms with van der Waals surface area (Å²) >= 11 is 0. The summed E-state index contributed by atoms with van der Waals surface area (Å²) in [6, 6.07) is 12.7. The van der Waals surface area contributed by atoms with Crippen LogP contribution in [0.1, 0.15) is 142 Å². The summed E-state index contributed by atoms with van der Waals surface area (Å²) in [7, 11) is 0. The molecule has 4 fully saturated rings. The second-order valence-electron chi connectivity index (χ2n) is 20.7. The van der Waals surface area contributed by atoms with Crippen LogP contribution in [-0.2, 0) is 43.8 Å². The molecule has 1 N–H and O–H groups in total. The molecular weight excluding hydrogens is 761 g/mol. The SMILES string of the molecule is CC1CCN(C(=O)c2ccc3c(c2)c2c(n3CC3CCC3)CCN(C(=O)OC(C)(C)C)C2)CC1.CC1CCN(C(=O)c2ccc3c(c2)c2c(n3CC3CCC3)CCNC2)CC1. The molecule has 4 aromatic rings. The van der Waals surface area contributed by atoms with Crippen molar-refractivity contribution in [2.45, 2.75) is 143 Å². The lowest BCUT2D eigenvalue weighted by Crippen LogP contribution is -2.40. The van der Waals surface area contributed by atoms with Crippen molar-refractivity contribution in [3.63, 3.8) is 0 Å². The zero-order valence-electron chi connectivity index (χ0n) is 37.7. The van der Waals surface area contributed by atoms with Crippen LogP contribution in [0.2, 0.25) is 0 Å². The number of hydrogen-bond donors (Lipinski definition) is 1. The third-order valence-electron chi connectivity index (χ3n) is 15.0. The van der Waals surface area contributed by atoms with Gasteiger partial charge in [-0.15, -0.1) is 0 Å². The summed E-state index contributed by atoms with van der Waals surface area (Å²) in [5, 5.41) is 5.96. The Morgan fingerprint density at radius 2 is 1.13 bits per heavy atom. The molecule has 3 amide bonds. The molecule has 6 aliphatic rings. The van der Waals surface area contributed by atoms with Crippen LogP contribution in [0, 0.1) is 23.7 Å². The molecule has 2 aromatic carbocycles. The summed E-state index contributed by atoms with van der Waals surface area (Å²) in [6.07, 6.45) is 14.1. The second kappa shape index (κ2) is 17.5. The van der Waals surface area contributed by atoms with E-state index in [9.17, 15) is 14.4 Å². The molecule has 0 spiro atoms. The topological polar surface area (TPSA) is 92.1 Å². The fourth-order valence-electron chi connectivity index (χ4n) is 10.7. The Morgan fingerprint density at radius 3 is 1.61 bits per heavy atom. The summed E-state index contributed by atoms with van der Waals surface area (Å²) in [5.41, 5.74) is 9.11. The first-order chi connectivity index (χ1) is 29.4. The normalized spacial score (nSPS) is 20.4. The first-order valence-electron chi connectivity index (χ1n) is 24.0. The largest absolute Gasteiger partial charge is 0.444 e. The number of amides is 3. The van der Waals surface area contributed by atoms with Gasteiger partial charge in [-0.2, -0.15) is 0 Å². The van der Waals surface area contributed by atoms with E-state index in [1.165, 1.54) is 77.5 Å². The van der Waals surface area contributed by atoms with E-state index in [0.717, 1.165) is 125 Å². The van der Waals surface area contributed by atoms with Gasteiger partial charge in [0.05, 0.1) is 6.54 Å². The Hall–Kier alpha value is -4.31. The maximum atomic E-state index is 13.3. The van der Waals surface area contributed by atoms with E-state index < -0.39 is 5.60 Å². The highest BCUT2D eigenvalue weighted by Crippen LogP contribution is 2.38. The molecule has 0 atom stereocenters. The summed E-state index contributed by atoms with van der Waals surface area (Å²) in [6.45, 7) is 19.2. The van der Waals surface area contributed by atoms with Crippen molar-refractivity contribution >= 4 is 39.7 Å². The van der Waals surface area contributed by atoms with Gasteiger partial charge in [0, 0.05) is 122 Å². The van der Waals surface area contributed by atoms with E-state index in [1.807, 2.05) is 36.6 Å². The predicted octanol–water partition coefficient (Wildman–Crippen LogP) is 9.57. The van der Waals surface area contributed by atoms with Crippen molar-refractivity contribution in [2.75, 3.05) is 39.3 Å². The van der Waals surface area contributed by atoms with Crippen LogP contribution in [0.15, 0.2) is 36.4 Å². The number of nitrogens with one attached hydrogen (secondary N) is 1. The van der Waals surface area contributed by atoms with E-state index in [-0.39, 0.29) is 17.9 Å². The van der Waals surface area contributed by atoms with Gasteiger partial charge < -0.3 is 33.9 Å². The van der Waals surface area contributed by atoms with Crippen molar-refractivity contribution < 1.29 is 19.1 Å². The molecule has 2 aliphatic carbocycles. The highest BCUT2D eigenvalue weighted by atomic mass is 16.6. The van der Waals surface area contributed by atoms with E-state index in [2.05, 4.69) is 63.5 Å². The monoisotopic (exact) mass is 831 g/mol. The van der Waals surface area contributed by atoms with Crippen LogP contribution in [0.25, 0.3) is 21.8 Å². The van der Waals surface area contributed by atoms with Gasteiger partial charge in [-0.05, 0) is 138 Å². The zero-order valence-corrected chi connectivity index (χ0v) is 37.7. The van der Waals surface area contributed by atoms with Crippen LogP contribution >= 0.6 is 0 Å². The molecule has 2 aromatic heterocycles. The van der Waals surface area contributed by atoms with Crippen molar-refractivity contribution in [1.82, 2.24) is 29.2 Å². The quantitative estimate of drug-likeness (QED) is 0.209. The minimum atomic E-state index is -0.513. The Kier molecular flexibility index (Phi) is 12.0. The number of carbonyl (C=O) groups excluding carboxylic acids is 3. The number of piperidine rings is 2. The first-order valence-corrected chi connectivity index (χ1v) is 24.0. The maximum Gasteiger partial charge on any atom is 0.410 e. The minimum Gasteiger partial charge on any atom is -0.444 e. The first kappa shape index (κ1) is 42.0. The zero-order chi connectivity index (χ0) is 42.4. The molecule has 4 aliphatic heterocycles. The van der Waals surface area contributed by atoms with Gasteiger partial charge in [-0.3, -0.25) is 9.59 Å². The number of ether oxygens (including phenoxy) is 1. The number of rotatable bonds is 6. The summed E-state index contributed by atoms with van der Waals surface area (Å²) < 4.78 is 10.7. The lowest BCUT2D eigenvalue weighted by Gasteiger charge is -2.32. The molecule has 61 heavy (non-hydrogen) atoms. The van der Waals surface area contributed by atoms with Gasteiger partial charge >= 0.3 is 6.09 Å². The van der Waals surface area contributed by atoms with Crippen LogP contribution in [0.4, 0.5) is 4.79 Å². The minimum absolute atomic E-state index is 0.133. The standard InChI is InChI=1S/C28H39N3O3.C23H31N3O/c1-19-10-13-29(14-11-19)26(32)21-8-9-24-22(16-21)23-18-30(27(33)34-28(2,3)4)15-12-25(23)31(24)17-20-6-5-7-20;1-16-8-11-25(12-9-16)23(27)18-5-6-21-19(13-18)20-14-24-10-7-22(20)26(21)15-17-3-2-4-17/h8-9,16,19-20H,5-7,10-15,17-18H2,1-4H3;5-6,13,16-17,24H,2-4,7-12,14-15H2,1H3. The van der Waals surface area contributed by atoms with E-state index in [1.54, 1.807) is 0 Å². The number of aromatic nitrogens is 2. The Bertz CT molecular complexity index is 2260. The van der Waals surface area contributed by atoms with Crippen molar-refractivity contribution in [1.29, 1.82) is 0 Å². The molecule has 0 unspecified atom stereocenters. The van der Waals surface area contributed by atoms with E-state index >= 15 is 0 Å². The van der Waals surface area contributed by atoms with Gasteiger partial charge in [0.15, 0.2) is 0 Å². The molecule has 10 rings (SSSR count). The Labute approximate surface area is 363 Å². The molecule has 328 valence electrons.